The normalized spacial score (nSPS) is 9.76. The third-order valence-electron chi connectivity index (χ3n) is 2.75. The molecule has 0 bridgehead atoms. The van der Waals surface area contributed by atoms with Crippen LogP contribution in [0.3, 0.4) is 0 Å². The van der Waals surface area contributed by atoms with Crippen molar-refractivity contribution in [3.05, 3.63) is 29.6 Å². The van der Waals surface area contributed by atoms with E-state index in [1.54, 1.807) is 12.1 Å². The lowest BCUT2D eigenvalue weighted by molar-refractivity contribution is -0.141. The summed E-state index contributed by atoms with van der Waals surface area (Å²) in [5.41, 5.74) is 6.04. The zero-order chi connectivity index (χ0) is 15.8. The van der Waals surface area contributed by atoms with Gasteiger partial charge < -0.3 is 15.4 Å². The van der Waals surface area contributed by atoms with Crippen LogP contribution in [-0.4, -0.2) is 48.0 Å². The number of carbonyl (C=O) groups excluding carboxylic acids is 2. The molecule has 1 heterocycles. The van der Waals surface area contributed by atoms with Crippen LogP contribution in [0.15, 0.2) is 18.3 Å². The van der Waals surface area contributed by atoms with Gasteiger partial charge in [-0.15, -0.1) is 0 Å². The van der Waals surface area contributed by atoms with E-state index < -0.39 is 5.97 Å². The molecule has 21 heavy (non-hydrogen) atoms. The predicted octanol–water partition coefficient (Wildman–Crippen LogP) is 0.415. The summed E-state index contributed by atoms with van der Waals surface area (Å²) in [7, 11) is 1.28. The Morgan fingerprint density at radius 3 is 2.76 bits per heavy atom. The molecule has 0 aliphatic rings. The second-order valence-corrected chi connectivity index (χ2v) is 4.51. The lowest BCUT2D eigenvalue weighted by Gasteiger charge is -2.25. The van der Waals surface area contributed by atoms with Gasteiger partial charge in [0.1, 0.15) is 12.2 Å². The summed E-state index contributed by atoms with van der Waals surface area (Å²) in [6, 6.07) is 3.21. The average Bonchev–Trinajstić information content (AvgIpc) is 2.49. The first-order chi connectivity index (χ1) is 10.0. The Bertz CT molecular complexity index is 573. The summed E-state index contributed by atoms with van der Waals surface area (Å²) in [5.74, 6) is 4.66. The molecule has 0 atom stereocenters. The van der Waals surface area contributed by atoms with Crippen LogP contribution in [0, 0.1) is 11.8 Å². The van der Waals surface area contributed by atoms with Crippen LogP contribution in [0.1, 0.15) is 29.9 Å². The minimum atomic E-state index is -0.484. The van der Waals surface area contributed by atoms with Crippen LogP contribution in [0.5, 0.6) is 0 Å². The quantitative estimate of drug-likeness (QED) is 0.641. The molecule has 0 unspecified atom stereocenters. The van der Waals surface area contributed by atoms with E-state index in [-0.39, 0.29) is 30.7 Å². The van der Waals surface area contributed by atoms with Gasteiger partial charge in [-0.05, 0) is 26.0 Å². The Kier molecular flexibility index (Phi) is 6.37. The molecule has 2 N–H and O–H groups in total. The Hall–Kier alpha value is -2.39. The maximum absolute atomic E-state index is 12.6. The number of aromatic nitrogens is 1. The number of hydrogen-bond acceptors (Lipinski definition) is 5. The van der Waals surface area contributed by atoms with Crippen molar-refractivity contribution in [3.8, 4) is 11.8 Å². The summed E-state index contributed by atoms with van der Waals surface area (Å²) in [6.45, 7) is 3.69. The molecule has 0 saturated heterocycles. The molecule has 6 nitrogen and oxygen atoms in total. The maximum Gasteiger partial charge on any atom is 0.325 e. The van der Waals surface area contributed by atoms with Gasteiger partial charge in [0.05, 0.1) is 19.2 Å². The van der Waals surface area contributed by atoms with E-state index in [1.165, 1.54) is 18.2 Å². The standard InChI is InChI=1S/C15H19N3O3/c1-11(2)18(10-13(19)21-3)15(20)14-12(6-4-8-16)7-5-9-17-14/h5,7,9,11H,8,10,16H2,1-3H3. The minimum absolute atomic E-state index is 0.132. The molecule has 0 aliphatic carbocycles. The third kappa shape index (κ3) is 4.58. The third-order valence-corrected chi connectivity index (χ3v) is 2.75. The van der Waals surface area contributed by atoms with Crippen molar-refractivity contribution in [2.45, 2.75) is 19.9 Å². The van der Waals surface area contributed by atoms with Crippen molar-refractivity contribution in [3.63, 3.8) is 0 Å². The van der Waals surface area contributed by atoms with E-state index in [9.17, 15) is 9.59 Å². The SMILES string of the molecule is COC(=O)CN(C(=O)c1ncccc1C#CCN)C(C)C. The van der Waals surface area contributed by atoms with E-state index in [0.717, 1.165) is 0 Å². The fourth-order valence-corrected chi connectivity index (χ4v) is 1.65. The highest BCUT2D eigenvalue weighted by atomic mass is 16.5. The van der Waals surface area contributed by atoms with Gasteiger partial charge in [0.15, 0.2) is 0 Å². The van der Waals surface area contributed by atoms with Crippen LogP contribution in [0.2, 0.25) is 0 Å². The van der Waals surface area contributed by atoms with Gasteiger partial charge in [-0.3, -0.25) is 9.59 Å². The second kappa shape index (κ2) is 8.02. The number of rotatable bonds is 4. The summed E-state index contributed by atoms with van der Waals surface area (Å²) in [4.78, 5) is 29.5. The number of methoxy groups -OCH3 is 1. The molecular weight excluding hydrogens is 270 g/mol. The van der Waals surface area contributed by atoms with E-state index in [1.807, 2.05) is 13.8 Å². The lowest BCUT2D eigenvalue weighted by atomic mass is 10.1. The van der Waals surface area contributed by atoms with E-state index in [4.69, 9.17) is 5.73 Å². The summed E-state index contributed by atoms with van der Waals surface area (Å²) in [5, 5.41) is 0. The first-order valence-corrected chi connectivity index (χ1v) is 6.53. The number of amides is 1. The summed E-state index contributed by atoms with van der Waals surface area (Å²) >= 11 is 0. The summed E-state index contributed by atoms with van der Waals surface area (Å²) < 4.78 is 4.61. The predicted molar refractivity (Wildman–Crippen MR) is 78.4 cm³/mol. The molecule has 1 aromatic heterocycles. The van der Waals surface area contributed by atoms with Crippen molar-refractivity contribution in [1.82, 2.24) is 9.88 Å². The van der Waals surface area contributed by atoms with Crippen molar-refractivity contribution >= 4 is 11.9 Å². The molecule has 0 aromatic carbocycles. The molecule has 6 heteroatoms. The smallest absolute Gasteiger partial charge is 0.325 e. The highest BCUT2D eigenvalue weighted by molar-refractivity contribution is 5.96. The second-order valence-electron chi connectivity index (χ2n) is 4.51. The monoisotopic (exact) mass is 289 g/mol. The molecular formula is C15H19N3O3. The summed E-state index contributed by atoms with van der Waals surface area (Å²) in [6.07, 6.45) is 1.51. The van der Waals surface area contributed by atoms with Gasteiger partial charge >= 0.3 is 5.97 Å². The maximum atomic E-state index is 12.6. The fraction of sp³-hybridized carbons (Fsp3) is 0.400. The Labute approximate surface area is 124 Å². The number of esters is 1. The molecule has 1 rings (SSSR count). The largest absolute Gasteiger partial charge is 0.468 e. The van der Waals surface area contributed by atoms with Gasteiger partial charge in [-0.1, -0.05) is 11.8 Å². The molecule has 112 valence electrons. The van der Waals surface area contributed by atoms with Gasteiger partial charge in [-0.25, -0.2) is 4.98 Å². The van der Waals surface area contributed by atoms with E-state index in [2.05, 4.69) is 21.6 Å². The van der Waals surface area contributed by atoms with Gasteiger partial charge in [0, 0.05) is 12.2 Å². The highest BCUT2D eigenvalue weighted by Gasteiger charge is 2.24. The first kappa shape index (κ1) is 16.7. The zero-order valence-corrected chi connectivity index (χ0v) is 12.4. The van der Waals surface area contributed by atoms with Crippen LogP contribution >= 0.6 is 0 Å². The Balaban J connectivity index is 3.12. The van der Waals surface area contributed by atoms with Crippen molar-refractivity contribution in [2.75, 3.05) is 20.2 Å². The lowest BCUT2D eigenvalue weighted by Crippen LogP contribution is -2.41. The molecule has 1 amide bonds. The van der Waals surface area contributed by atoms with E-state index >= 15 is 0 Å². The molecule has 1 aromatic rings. The van der Waals surface area contributed by atoms with Gasteiger partial charge in [0.2, 0.25) is 0 Å². The average molecular weight is 289 g/mol. The van der Waals surface area contributed by atoms with Crippen LogP contribution < -0.4 is 5.73 Å². The minimum Gasteiger partial charge on any atom is -0.468 e. The number of carbonyl (C=O) groups is 2. The first-order valence-electron chi connectivity index (χ1n) is 6.53. The van der Waals surface area contributed by atoms with Crippen molar-refractivity contribution in [1.29, 1.82) is 0 Å². The van der Waals surface area contributed by atoms with Crippen LogP contribution in [0.25, 0.3) is 0 Å². The highest BCUT2D eigenvalue weighted by Crippen LogP contribution is 2.10. The van der Waals surface area contributed by atoms with Crippen molar-refractivity contribution in [2.24, 2.45) is 5.73 Å². The molecule has 0 aliphatic heterocycles. The van der Waals surface area contributed by atoms with E-state index in [0.29, 0.717) is 5.56 Å². The molecule has 0 radical (unpaired) electrons. The Morgan fingerprint density at radius 2 is 2.19 bits per heavy atom. The zero-order valence-electron chi connectivity index (χ0n) is 12.4. The number of nitrogens with zero attached hydrogens (tertiary/aromatic N) is 2. The van der Waals surface area contributed by atoms with Crippen LogP contribution in [0.4, 0.5) is 0 Å². The van der Waals surface area contributed by atoms with Gasteiger partial charge in [0.25, 0.3) is 5.91 Å². The number of pyridine rings is 1. The van der Waals surface area contributed by atoms with Crippen molar-refractivity contribution < 1.29 is 14.3 Å². The Morgan fingerprint density at radius 1 is 1.48 bits per heavy atom. The molecule has 0 saturated carbocycles. The number of ether oxygens (including phenoxy) is 1. The molecule has 0 fully saturated rings. The molecule has 0 spiro atoms. The number of nitrogens with two attached hydrogens (primary N) is 1. The fourth-order valence-electron chi connectivity index (χ4n) is 1.65. The van der Waals surface area contributed by atoms with Crippen LogP contribution in [-0.2, 0) is 9.53 Å². The van der Waals surface area contributed by atoms with Gasteiger partial charge in [-0.2, -0.15) is 0 Å². The topological polar surface area (TPSA) is 85.5 Å². The number of hydrogen-bond donors (Lipinski definition) is 1.